The number of allylic oxidation sites excluding steroid dienone is 6. The molecule has 0 unspecified atom stereocenters. The van der Waals surface area contributed by atoms with Gasteiger partial charge in [0.1, 0.15) is 20.4 Å². The summed E-state index contributed by atoms with van der Waals surface area (Å²) in [7, 11) is -16.6. The molecule has 0 bridgehead atoms. The second kappa shape index (κ2) is 21.2. The van der Waals surface area contributed by atoms with Gasteiger partial charge in [-0.25, -0.2) is 0 Å². The summed E-state index contributed by atoms with van der Waals surface area (Å²) in [4.78, 5) is 106. The van der Waals surface area contributed by atoms with Gasteiger partial charge >= 0.3 is 30.4 Å². The lowest BCUT2D eigenvalue weighted by Crippen LogP contribution is -2.25. The van der Waals surface area contributed by atoms with Crippen molar-refractivity contribution in [3.8, 4) is 23.0 Å². The zero-order chi connectivity index (χ0) is 58.9. The van der Waals surface area contributed by atoms with E-state index in [4.69, 9.17) is 45.7 Å². The van der Waals surface area contributed by atoms with E-state index in [0.29, 0.717) is 24.3 Å². The maximum atomic E-state index is 14.4. The number of hydrogen-bond donors (Lipinski definition) is 1. The van der Waals surface area contributed by atoms with Crippen molar-refractivity contribution in [2.75, 3.05) is 0 Å². The molecule has 0 spiro atoms. The summed E-state index contributed by atoms with van der Waals surface area (Å²) in [5.74, 6) is -14.8. The third-order valence-corrected chi connectivity index (χ3v) is 15.0. The van der Waals surface area contributed by atoms with E-state index in [1.54, 1.807) is 0 Å². The molecule has 81 heavy (non-hydrogen) atoms. The quantitative estimate of drug-likeness (QED) is 0.0299. The highest BCUT2D eigenvalue weighted by Gasteiger charge is 2.41. The van der Waals surface area contributed by atoms with E-state index in [9.17, 15) is 63.9 Å². The van der Waals surface area contributed by atoms with E-state index in [-0.39, 0.29) is 0 Å². The minimum absolute atomic E-state index is 0.504. The normalized spacial score (nSPS) is 13.8. The number of aromatic hydroxyl groups is 1. The number of Topliss-reactive ketones (excluding diaryl/α,β-unsaturated/α-hetero) is 6. The first-order chi connectivity index (χ1) is 38.5. The zero-order valence-electron chi connectivity index (χ0n) is 38.9. The van der Waals surface area contributed by atoms with E-state index in [1.165, 1.54) is 0 Å². The van der Waals surface area contributed by atoms with Crippen LogP contribution < -0.4 is 12.5 Å². The maximum Gasteiger partial charge on any atom is 0.340 e. The number of benzene rings is 5. The van der Waals surface area contributed by atoms with Gasteiger partial charge in [0.25, 0.3) is 0 Å². The summed E-state index contributed by atoms with van der Waals surface area (Å²) >= 11 is 0. The van der Waals surface area contributed by atoms with Crippen LogP contribution in [0.4, 0.5) is 0 Å². The Bertz CT molecular complexity index is 4670. The van der Waals surface area contributed by atoms with Gasteiger partial charge in [0.05, 0.1) is 56.4 Å². The lowest BCUT2D eigenvalue weighted by atomic mass is 9.90. The fourth-order valence-electron chi connectivity index (χ4n) is 7.89. The van der Waals surface area contributed by atoms with Crippen molar-refractivity contribution in [2.24, 2.45) is 30.7 Å². The molecule has 35 nitrogen and oxygen atoms in total. The summed E-state index contributed by atoms with van der Waals surface area (Å²) in [6.07, 6.45) is 0. The first kappa shape index (κ1) is 55.2. The summed E-state index contributed by atoms with van der Waals surface area (Å²) in [5.41, 5.74) is 41.3. The molecule has 38 heteroatoms. The number of hydrogen-bond acceptors (Lipinski definition) is 23. The summed E-state index contributed by atoms with van der Waals surface area (Å²) in [5, 5.41) is 30.3. The van der Waals surface area contributed by atoms with Crippen molar-refractivity contribution in [1.82, 2.24) is 0 Å². The molecule has 0 atom stereocenters. The second-order valence-corrected chi connectivity index (χ2v) is 20.0. The smallest absolute Gasteiger partial charge is 0.340 e. The number of carbonyl (C=O) groups is 7. The summed E-state index contributed by atoms with van der Waals surface area (Å²) in [6.45, 7) is 0. The average molecular weight is 1150 g/mol. The Morgan fingerprint density at radius 2 is 0.728 bits per heavy atom. The van der Waals surface area contributed by atoms with E-state index in [0.717, 1.165) is 66.7 Å². The summed E-state index contributed by atoms with van der Waals surface area (Å²) in [6, 6.07) is 12.3. The van der Waals surface area contributed by atoms with Crippen LogP contribution in [0.2, 0.25) is 0 Å². The van der Waals surface area contributed by atoms with Crippen LogP contribution in [-0.4, -0.2) is 70.8 Å². The lowest BCUT2D eigenvalue weighted by molar-refractivity contribution is 0.0970. The molecule has 8 rings (SSSR count). The predicted molar refractivity (Wildman–Crippen MR) is 263 cm³/mol. The van der Waals surface area contributed by atoms with E-state index < -0.39 is 187 Å². The number of rotatable bonds is 17. The molecule has 1 N–H and O–H groups in total. The van der Waals surface area contributed by atoms with Gasteiger partial charge < -0.3 is 17.7 Å². The Hall–Kier alpha value is -12.1. The molecule has 5 aromatic carbocycles. The van der Waals surface area contributed by atoms with Crippen LogP contribution in [-0.2, 0) is 30.4 Å². The third kappa shape index (κ3) is 9.54. The monoisotopic (exact) mass is 1150 g/mol. The Labute approximate surface area is 446 Å². The minimum Gasteiger partial charge on any atom is -0.504 e. The first-order valence-corrected chi connectivity index (χ1v) is 25.3. The SMILES string of the molecule is [N-]=[N+]=NC1=C(N=[N+]=[N-])C(=O)c2c(cccc2S(=O)(=O)Oc2ccc(C(=O)c3ccc(OS(=O)(=O)c4cccc5c4C(=O)C(N=[N+]=[N-])=C(N=[N+]=[N-])C5=O)c(OS(=O)(=O)c4cccc5c4C(=O)C(N=[N+]=[N-])=C(N=[N+]=[N-])C5=O)c3O)cc2)C1=O. The molecule has 0 heterocycles. The number of ketones is 7. The highest BCUT2D eigenvalue weighted by Crippen LogP contribution is 2.45. The van der Waals surface area contributed by atoms with Crippen LogP contribution in [0.1, 0.15) is 78.1 Å². The number of phenols is 1. The molecule has 0 saturated carbocycles. The number of fused-ring (bicyclic) bond motifs is 3. The van der Waals surface area contributed by atoms with Gasteiger partial charge in [-0.05, 0) is 87.8 Å². The van der Waals surface area contributed by atoms with Crippen molar-refractivity contribution < 1.29 is 76.5 Å². The lowest BCUT2D eigenvalue weighted by Gasteiger charge is -2.21. The second-order valence-electron chi connectivity index (χ2n) is 15.5. The fourth-order valence-corrected chi connectivity index (χ4v) is 11.4. The molecule has 0 radical (unpaired) electrons. The van der Waals surface area contributed by atoms with Gasteiger partial charge in [0, 0.05) is 51.7 Å². The fraction of sp³-hybridized carbons (Fsp3) is 0. The molecule has 0 aliphatic heterocycles. The molecule has 3 aliphatic rings. The first-order valence-electron chi connectivity index (χ1n) is 21.1. The molecule has 0 fully saturated rings. The Kier molecular flexibility index (Phi) is 14.4. The van der Waals surface area contributed by atoms with Gasteiger partial charge in [-0.15, -0.1) is 0 Å². The molecular formula is C43H16N18O17S3. The standard InChI is InChI=1S/C43H16N18O17S3/c44-56-50-29-32(53-59-47)40(67)26-18(36(29)63)4-1-7-23(26)79(70,71)76-17-12-10-16(11-13-17)35(62)21-14-15-22(77-80(72,73)24-8-2-5-19-27(24)41(68)33(54-60-48)30(37(19)64)51-57-45)43(39(21)66)78-81(74,75)25-9-3-6-20-28(25)42(69)34(55-61-49)31(38(20)65)52-58-46/h1-15,66H. The number of azide groups is 6. The van der Waals surface area contributed by atoms with Crippen LogP contribution in [0.15, 0.2) is 171 Å². The molecule has 0 amide bonds. The summed E-state index contributed by atoms with van der Waals surface area (Å²) < 4.78 is 100. The van der Waals surface area contributed by atoms with Crippen LogP contribution in [0.5, 0.6) is 23.0 Å². The molecule has 398 valence electrons. The molecule has 5 aromatic rings. The van der Waals surface area contributed by atoms with Crippen LogP contribution in [0.25, 0.3) is 62.7 Å². The molecule has 0 saturated heterocycles. The van der Waals surface area contributed by atoms with Crippen molar-refractivity contribution in [1.29, 1.82) is 0 Å². The topological polar surface area (TPSA) is 562 Å². The molecular weight excluding hydrogens is 1140 g/mol. The molecule has 0 aromatic heterocycles. The number of carbonyl (C=O) groups excluding carboxylic acids is 7. The number of phenolic OH excluding ortho intramolecular Hbond substituents is 1. The Morgan fingerprint density at radius 3 is 1.07 bits per heavy atom. The number of nitrogens with zero attached hydrogens (tertiary/aromatic N) is 18. The Balaban J connectivity index is 1.22. The van der Waals surface area contributed by atoms with Crippen molar-refractivity contribution >= 4 is 70.8 Å². The van der Waals surface area contributed by atoms with Crippen molar-refractivity contribution in [2.45, 2.75) is 14.7 Å². The van der Waals surface area contributed by atoms with E-state index >= 15 is 0 Å². The highest BCUT2D eigenvalue weighted by molar-refractivity contribution is 7.88. The van der Waals surface area contributed by atoms with E-state index in [2.05, 4.69) is 60.2 Å². The predicted octanol–water partition coefficient (Wildman–Crippen LogP) is 8.56. The minimum atomic E-state index is -5.80. The maximum absolute atomic E-state index is 14.4. The van der Waals surface area contributed by atoms with Crippen LogP contribution >= 0.6 is 0 Å². The van der Waals surface area contributed by atoms with Gasteiger partial charge in [-0.3, -0.25) is 33.6 Å². The van der Waals surface area contributed by atoms with Crippen LogP contribution in [0.3, 0.4) is 0 Å². The Morgan fingerprint density at radius 1 is 0.407 bits per heavy atom. The molecule has 3 aliphatic carbocycles. The van der Waals surface area contributed by atoms with Crippen molar-refractivity contribution in [3.05, 3.63) is 232 Å². The van der Waals surface area contributed by atoms with Gasteiger partial charge in [-0.2, -0.15) is 25.3 Å². The third-order valence-electron chi connectivity index (χ3n) is 11.2. The highest BCUT2D eigenvalue weighted by atomic mass is 32.2. The van der Waals surface area contributed by atoms with Gasteiger partial charge in [0.15, 0.2) is 52.0 Å². The van der Waals surface area contributed by atoms with Crippen LogP contribution in [0, 0.1) is 0 Å². The largest absolute Gasteiger partial charge is 0.504 e. The zero-order valence-corrected chi connectivity index (χ0v) is 41.4. The average Bonchev–Trinajstić information content (AvgIpc) is 3.63. The van der Waals surface area contributed by atoms with Gasteiger partial charge in [-0.1, -0.05) is 67.1 Å². The van der Waals surface area contributed by atoms with Crippen molar-refractivity contribution in [3.63, 3.8) is 0 Å². The van der Waals surface area contributed by atoms with Gasteiger partial charge in [0.2, 0.25) is 5.75 Å². The van der Waals surface area contributed by atoms with E-state index in [1.807, 2.05) is 0 Å².